The molecule has 0 N–H and O–H groups in total. The Balaban J connectivity index is 0.000000337. The van der Waals surface area contributed by atoms with E-state index in [1.165, 1.54) is 43.4 Å². The van der Waals surface area contributed by atoms with Gasteiger partial charge in [0.2, 0.25) is 0 Å². The van der Waals surface area contributed by atoms with Crippen LogP contribution in [0, 0.1) is 0 Å². The molecular weight excluding hydrogens is 338 g/mol. The van der Waals surface area contributed by atoms with Gasteiger partial charge in [0.05, 0.1) is 11.0 Å². The number of hydrogen-bond donors (Lipinski definition) is 0. The Morgan fingerprint density at radius 1 is 0.571 bits per heavy atom. The molecule has 140 valence electrons. The summed E-state index contributed by atoms with van der Waals surface area (Å²) >= 11 is 0. The minimum Gasteiger partial charge on any atom is -0.343 e. The number of fused-ring (bicyclic) bond motifs is 7. The zero-order valence-electron chi connectivity index (χ0n) is 16.9. The molecule has 1 heteroatoms. The second-order valence-electron chi connectivity index (χ2n) is 6.40. The topological polar surface area (TPSA) is 4.93 Å². The number of aryl methyl sites for hydroxylation is 1. The molecule has 0 unspecified atom stereocenters. The third-order valence-electron chi connectivity index (χ3n) is 4.93. The van der Waals surface area contributed by atoms with E-state index >= 15 is 0 Å². The zero-order valence-corrected chi connectivity index (χ0v) is 16.9. The van der Waals surface area contributed by atoms with Crippen molar-refractivity contribution in [3.05, 3.63) is 98.1 Å². The van der Waals surface area contributed by atoms with Crippen molar-refractivity contribution < 1.29 is 0 Å². The molecule has 0 radical (unpaired) electrons. The van der Waals surface area contributed by atoms with E-state index in [0.717, 1.165) is 0 Å². The van der Waals surface area contributed by atoms with Gasteiger partial charge in [0.1, 0.15) is 0 Å². The maximum atomic E-state index is 3.36. The number of aromatic nitrogens is 1. The van der Waals surface area contributed by atoms with E-state index < -0.39 is 0 Å². The molecule has 0 aliphatic rings. The fourth-order valence-corrected chi connectivity index (χ4v) is 3.78. The summed E-state index contributed by atoms with van der Waals surface area (Å²) in [5.41, 5.74) is 2.65. The van der Waals surface area contributed by atoms with Crippen molar-refractivity contribution in [2.24, 2.45) is 7.05 Å². The normalized spacial score (nSPS) is 10.2. The predicted molar refractivity (Wildman–Crippen MR) is 127 cm³/mol. The van der Waals surface area contributed by atoms with E-state index in [-0.39, 0.29) is 0 Å². The van der Waals surface area contributed by atoms with Gasteiger partial charge in [-0.1, -0.05) is 112 Å². The maximum Gasteiger partial charge on any atom is 0.0568 e. The van der Waals surface area contributed by atoms with Gasteiger partial charge in [0.15, 0.2) is 0 Å². The van der Waals surface area contributed by atoms with Crippen LogP contribution in [-0.4, -0.2) is 4.57 Å². The maximum absolute atomic E-state index is 3.36. The van der Waals surface area contributed by atoms with E-state index in [2.05, 4.69) is 97.6 Å². The number of allylic oxidation sites excluding steroid dienone is 2. The molecule has 1 heterocycles. The van der Waals surface area contributed by atoms with Crippen LogP contribution >= 0.6 is 0 Å². The largest absolute Gasteiger partial charge is 0.343 e. The molecule has 1 nitrogen and oxygen atoms in total. The van der Waals surface area contributed by atoms with Gasteiger partial charge in [-0.2, -0.15) is 0 Å². The lowest BCUT2D eigenvalue weighted by Crippen LogP contribution is -1.88. The molecule has 4 aromatic carbocycles. The summed E-state index contributed by atoms with van der Waals surface area (Å²) in [6, 6.07) is 26.2. The lowest BCUT2D eigenvalue weighted by atomic mass is 10.0. The van der Waals surface area contributed by atoms with Gasteiger partial charge in [-0.25, -0.2) is 0 Å². The first-order valence-corrected chi connectivity index (χ1v) is 9.77. The van der Waals surface area contributed by atoms with Crippen molar-refractivity contribution in [1.29, 1.82) is 0 Å². The predicted octanol–water partition coefficient (Wildman–Crippen LogP) is 8.02. The van der Waals surface area contributed by atoms with Crippen molar-refractivity contribution in [3.63, 3.8) is 0 Å². The Hall–Kier alpha value is -3.32. The van der Waals surface area contributed by atoms with Crippen molar-refractivity contribution in [1.82, 2.24) is 4.57 Å². The van der Waals surface area contributed by atoms with Crippen molar-refractivity contribution in [2.45, 2.75) is 13.8 Å². The molecule has 0 aliphatic heterocycles. The average molecular weight is 366 g/mol. The van der Waals surface area contributed by atoms with Crippen LogP contribution in [0.4, 0.5) is 0 Å². The SMILES string of the molecule is C=CC=C.CC.Cn1c2c3ccccc3ccc2c2ccc3ccccc3c21. The summed E-state index contributed by atoms with van der Waals surface area (Å²) in [7, 11) is 2.18. The molecule has 5 aromatic rings. The average Bonchev–Trinajstić information content (AvgIpc) is 3.08. The van der Waals surface area contributed by atoms with Gasteiger partial charge >= 0.3 is 0 Å². The highest BCUT2D eigenvalue weighted by molar-refractivity contribution is 6.22. The highest BCUT2D eigenvalue weighted by Crippen LogP contribution is 2.36. The summed E-state index contributed by atoms with van der Waals surface area (Å²) in [6.45, 7) is 10.7. The van der Waals surface area contributed by atoms with E-state index in [0.29, 0.717) is 0 Å². The Morgan fingerprint density at radius 3 is 1.36 bits per heavy atom. The van der Waals surface area contributed by atoms with Crippen LogP contribution in [0.1, 0.15) is 13.8 Å². The third kappa shape index (κ3) is 3.20. The smallest absolute Gasteiger partial charge is 0.0568 e. The molecule has 28 heavy (non-hydrogen) atoms. The van der Waals surface area contributed by atoms with Crippen molar-refractivity contribution >= 4 is 43.4 Å². The van der Waals surface area contributed by atoms with Crippen LogP contribution in [0.5, 0.6) is 0 Å². The fraction of sp³-hybridized carbons (Fsp3) is 0.111. The second-order valence-corrected chi connectivity index (χ2v) is 6.40. The molecule has 5 rings (SSSR count). The Kier molecular flexibility index (Phi) is 5.96. The van der Waals surface area contributed by atoms with E-state index in [1.54, 1.807) is 12.2 Å². The van der Waals surface area contributed by atoms with Crippen LogP contribution in [0.2, 0.25) is 0 Å². The Morgan fingerprint density at radius 2 is 0.964 bits per heavy atom. The van der Waals surface area contributed by atoms with Crippen LogP contribution in [0.15, 0.2) is 98.1 Å². The van der Waals surface area contributed by atoms with Crippen LogP contribution in [0.25, 0.3) is 43.4 Å². The van der Waals surface area contributed by atoms with E-state index in [9.17, 15) is 0 Å². The van der Waals surface area contributed by atoms with Gasteiger partial charge < -0.3 is 4.57 Å². The lowest BCUT2D eigenvalue weighted by Gasteiger charge is -2.04. The van der Waals surface area contributed by atoms with Gasteiger partial charge in [-0.15, -0.1) is 0 Å². The van der Waals surface area contributed by atoms with Gasteiger partial charge in [0.25, 0.3) is 0 Å². The van der Waals surface area contributed by atoms with Gasteiger partial charge in [-0.3, -0.25) is 0 Å². The second kappa shape index (κ2) is 8.58. The molecular formula is C27H27N. The number of benzene rings is 4. The van der Waals surface area contributed by atoms with Crippen LogP contribution in [-0.2, 0) is 7.05 Å². The number of nitrogens with zero attached hydrogens (tertiary/aromatic N) is 1. The summed E-state index contributed by atoms with van der Waals surface area (Å²) < 4.78 is 2.36. The van der Waals surface area contributed by atoms with Crippen LogP contribution < -0.4 is 0 Å². The third-order valence-corrected chi connectivity index (χ3v) is 4.93. The number of hydrogen-bond acceptors (Lipinski definition) is 0. The van der Waals surface area contributed by atoms with Crippen molar-refractivity contribution in [2.75, 3.05) is 0 Å². The minimum absolute atomic E-state index is 1.30. The molecule has 0 spiro atoms. The molecule has 0 atom stereocenters. The van der Waals surface area contributed by atoms with E-state index in [1.807, 2.05) is 13.8 Å². The molecule has 1 aromatic heterocycles. The molecule has 0 amide bonds. The summed E-state index contributed by atoms with van der Waals surface area (Å²) in [5.74, 6) is 0. The first kappa shape index (κ1) is 19.4. The molecule has 0 saturated carbocycles. The lowest BCUT2D eigenvalue weighted by molar-refractivity contribution is 1.02. The summed E-state index contributed by atoms with van der Waals surface area (Å²) in [5, 5.41) is 7.91. The van der Waals surface area contributed by atoms with Gasteiger partial charge in [0, 0.05) is 28.6 Å². The summed E-state index contributed by atoms with van der Waals surface area (Å²) in [6.07, 6.45) is 3.28. The standard InChI is InChI=1S/C21H15N.C4H6.C2H6/c1-22-20-16-8-4-2-6-14(16)10-12-18(20)19-13-11-15-7-3-5-9-17(15)21(19)22;1-3-4-2;1-2/h2-13H,1H3;3-4H,1-2H2;1-2H3. The van der Waals surface area contributed by atoms with Crippen molar-refractivity contribution in [3.8, 4) is 0 Å². The van der Waals surface area contributed by atoms with E-state index in [4.69, 9.17) is 0 Å². The highest BCUT2D eigenvalue weighted by atomic mass is 14.9. The first-order chi connectivity index (χ1) is 13.8. The molecule has 0 fully saturated rings. The quantitative estimate of drug-likeness (QED) is 0.265. The van der Waals surface area contributed by atoms with Crippen LogP contribution in [0.3, 0.4) is 0 Å². The monoisotopic (exact) mass is 365 g/mol. The number of rotatable bonds is 1. The summed E-state index contributed by atoms with van der Waals surface area (Å²) in [4.78, 5) is 0. The molecule has 0 bridgehead atoms. The molecule has 0 aliphatic carbocycles. The first-order valence-electron chi connectivity index (χ1n) is 9.77. The Bertz CT molecular complexity index is 1170. The Labute approximate surface area is 167 Å². The van der Waals surface area contributed by atoms with Gasteiger partial charge in [-0.05, 0) is 10.8 Å². The molecule has 0 saturated heterocycles. The zero-order chi connectivity index (χ0) is 20.1. The highest BCUT2D eigenvalue weighted by Gasteiger charge is 2.12. The minimum atomic E-state index is 1.30. The fourth-order valence-electron chi connectivity index (χ4n) is 3.78.